The fourth-order valence-corrected chi connectivity index (χ4v) is 8.34. The van der Waals surface area contributed by atoms with E-state index in [4.69, 9.17) is 4.74 Å². The number of aromatic nitrogens is 2. The van der Waals surface area contributed by atoms with Crippen molar-refractivity contribution in [3.63, 3.8) is 0 Å². The Morgan fingerprint density at radius 1 is 1.04 bits per heavy atom. The van der Waals surface area contributed by atoms with Gasteiger partial charge in [0.2, 0.25) is 5.56 Å². The number of fused-ring (bicyclic) bond motifs is 4. The molecule has 8 rings (SSSR count). The lowest BCUT2D eigenvalue weighted by Gasteiger charge is -2.45. The number of aliphatic hydroxyl groups is 1. The van der Waals surface area contributed by atoms with Crippen LogP contribution in [0.2, 0.25) is 0 Å². The lowest BCUT2D eigenvalue weighted by Crippen LogP contribution is -2.53. The fraction of sp³-hybridized carbons (Fsp3) is 0.463. The molecule has 5 heterocycles. The molecule has 52 heavy (non-hydrogen) atoms. The van der Waals surface area contributed by atoms with Gasteiger partial charge in [0.25, 0.3) is 5.91 Å². The topological polar surface area (TPSA) is 157 Å². The van der Waals surface area contributed by atoms with Crippen LogP contribution in [0.5, 0.6) is 5.75 Å². The van der Waals surface area contributed by atoms with Crippen molar-refractivity contribution in [1.82, 2.24) is 25.5 Å². The van der Waals surface area contributed by atoms with E-state index in [2.05, 4.69) is 49.8 Å². The molecule has 4 aliphatic rings. The number of amides is 1. The third kappa shape index (κ3) is 7.91. The smallest absolute Gasteiger partial charge is 0.316 e. The SMILES string of the molecule is O=C(NCCCc1cccc(C2(C(=O)O[C@H]3CN4CCC3CC4)CCCCC2)c1)c1ccc(CNCC(O)c2ccc(O)c3[nH]c(=O)ccc23)nc1. The van der Waals surface area contributed by atoms with E-state index >= 15 is 0 Å². The first-order valence-electron chi connectivity index (χ1n) is 18.8. The van der Waals surface area contributed by atoms with Gasteiger partial charge >= 0.3 is 5.97 Å². The van der Waals surface area contributed by atoms with Crippen molar-refractivity contribution in [1.29, 1.82) is 0 Å². The van der Waals surface area contributed by atoms with Crippen molar-refractivity contribution < 1.29 is 24.5 Å². The molecule has 0 spiro atoms. The molecule has 1 unspecified atom stereocenters. The summed E-state index contributed by atoms with van der Waals surface area (Å²) in [7, 11) is 0. The van der Waals surface area contributed by atoms with E-state index in [1.807, 2.05) is 0 Å². The minimum absolute atomic E-state index is 0.0113. The van der Waals surface area contributed by atoms with Crippen LogP contribution >= 0.6 is 0 Å². The number of hydrogen-bond acceptors (Lipinski definition) is 9. The highest BCUT2D eigenvalue weighted by Gasteiger charge is 2.46. The van der Waals surface area contributed by atoms with Gasteiger partial charge in [0.1, 0.15) is 11.9 Å². The zero-order valence-corrected chi connectivity index (χ0v) is 29.6. The average molecular weight is 708 g/mol. The van der Waals surface area contributed by atoms with Crippen LogP contribution in [0.3, 0.4) is 0 Å². The van der Waals surface area contributed by atoms with E-state index in [0.29, 0.717) is 41.2 Å². The van der Waals surface area contributed by atoms with Gasteiger partial charge in [-0.25, -0.2) is 0 Å². The normalized spacial score (nSPS) is 21.4. The van der Waals surface area contributed by atoms with Crippen LogP contribution in [0.4, 0.5) is 0 Å². The van der Waals surface area contributed by atoms with Crippen molar-refractivity contribution in [2.75, 3.05) is 32.7 Å². The summed E-state index contributed by atoms with van der Waals surface area (Å²) in [5.74, 6) is 0.205. The third-order valence-corrected chi connectivity index (χ3v) is 11.4. The van der Waals surface area contributed by atoms with Gasteiger partial charge in [-0.1, -0.05) is 49.6 Å². The van der Waals surface area contributed by atoms with E-state index in [1.165, 1.54) is 12.1 Å². The molecule has 2 atom stereocenters. The largest absolute Gasteiger partial charge is 0.506 e. The molecule has 0 radical (unpaired) electrons. The van der Waals surface area contributed by atoms with Crippen LogP contribution < -0.4 is 16.2 Å². The van der Waals surface area contributed by atoms with Crippen molar-refractivity contribution in [2.45, 2.75) is 82.0 Å². The van der Waals surface area contributed by atoms with Gasteiger partial charge in [-0.2, -0.15) is 0 Å². The zero-order valence-electron chi connectivity index (χ0n) is 29.6. The van der Waals surface area contributed by atoms with Gasteiger partial charge in [-0.3, -0.25) is 24.3 Å². The molecule has 1 saturated carbocycles. The Balaban J connectivity index is 0.878. The predicted molar refractivity (Wildman–Crippen MR) is 198 cm³/mol. The molecule has 5 N–H and O–H groups in total. The van der Waals surface area contributed by atoms with Crippen LogP contribution in [0.25, 0.3) is 10.9 Å². The lowest BCUT2D eigenvalue weighted by atomic mass is 9.69. The number of carbonyl (C=O) groups excluding carboxylic acids is 2. The van der Waals surface area contributed by atoms with E-state index < -0.39 is 11.5 Å². The third-order valence-electron chi connectivity index (χ3n) is 11.4. The molecule has 274 valence electrons. The molecule has 11 nitrogen and oxygen atoms in total. The molecule has 11 heteroatoms. The highest BCUT2D eigenvalue weighted by molar-refractivity contribution is 5.93. The number of aliphatic hydroxyl groups excluding tert-OH is 1. The molecule has 1 amide bonds. The number of esters is 1. The second kappa shape index (κ2) is 16.0. The second-order valence-corrected chi connectivity index (χ2v) is 14.8. The number of pyridine rings is 2. The minimum atomic E-state index is -0.883. The van der Waals surface area contributed by atoms with Gasteiger partial charge < -0.3 is 30.6 Å². The number of carbonyl (C=O) groups is 2. The number of ether oxygens (including phenoxy) is 1. The Bertz CT molecular complexity index is 1930. The number of nitrogens with one attached hydrogen (secondary N) is 3. The Kier molecular flexibility index (Phi) is 11.0. The molecule has 1 aliphatic carbocycles. The molecular formula is C41H49N5O6. The summed E-state index contributed by atoms with van der Waals surface area (Å²) in [6.45, 7) is 4.22. The maximum atomic E-state index is 13.9. The molecule has 2 bridgehead atoms. The zero-order chi connectivity index (χ0) is 36.1. The van der Waals surface area contributed by atoms with Gasteiger partial charge in [0, 0.05) is 43.8 Å². The van der Waals surface area contributed by atoms with E-state index in [-0.39, 0.29) is 41.4 Å². The monoisotopic (exact) mass is 707 g/mol. The van der Waals surface area contributed by atoms with Crippen LogP contribution in [-0.2, 0) is 27.9 Å². The first-order valence-corrected chi connectivity index (χ1v) is 18.8. The Labute approximate surface area is 303 Å². The molecule has 2 aromatic carbocycles. The highest BCUT2D eigenvalue weighted by atomic mass is 16.5. The summed E-state index contributed by atoms with van der Waals surface area (Å²) in [6.07, 6.45) is 9.35. The summed E-state index contributed by atoms with van der Waals surface area (Å²) in [4.78, 5) is 48.0. The van der Waals surface area contributed by atoms with Crippen LogP contribution in [-0.4, -0.2) is 75.8 Å². The van der Waals surface area contributed by atoms with Gasteiger partial charge in [0.05, 0.1) is 28.3 Å². The van der Waals surface area contributed by atoms with E-state index in [9.17, 15) is 24.6 Å². The Hall–Kier alpha value is -4.58. The molecular weight excluding hydrogens is 658 g/mol. The van der Waals surface area contributed by atoms with Crippen LogP contribution in [0.1, 0.15) is 90.2 Å². The molecule has 3 aliphatic heterocycles. The van der Waals surface area contributed by atoms with Gasteiger partial charge in [-0.15, -0.1) is 0 Å². The number of rotatable bonds is 13. The Morgan fingerprint density at radius 3 is 2.62 bits per heavy atom. The quantitative estimate of drug-likeness (QED) is 0.0986. The summed E-state index contributed by atoms with van der Waals surface area (Å²) < 4.78 is 6.34. The minimum Gasteiger partial charge on any atom is -0.506 e. The molecule has 3 saturated heterocycles. The van der Waals surface area contributed by atoms with E-state index in [0.717, 1.165) is 88.5 Å². The molecule has 2 aromatic heterocycles. The van der Waals surface area contributed by atoms with Gasteiger partial charge in [0.15, 0.2) is 0 Å². The number of nitrogens with zero attached hydrogens (tertiary/aromatic N) is 2. The standard InChI is InChI=1S/C41H49N5O6/c47-34-13-11-32(33-12-14-37(49)45-38(33)34)35(48)25-42-24-31-10-9-29(23-44-31)39(50)43-19-5-7-27-6-4-8-30(22-27)41(17-2-1-3-18-41)40(51)52-36-26-46-20-15-28(36)16-21-46/h4,6,8-14,22-23,28,35-36,42,47-48H,1-3,5,7,15-21,24-26H2,(H,43,50)(H,45,49)/t35?,36-/m0/s1. The molecule has 4 fully saturated rings. The van der Waals surface area contributed by atoms with Crippen molar-refractivity contribution in [2.24, 2.45) is 5.92 Å². The second-order valence-electron chi connectivity index (χ2n) is 14.8. The maximum absolute atomic E-state index is 13.9. The maximum Gasteiger partial charge on any atom is 0.316 e. The average Bonchev–Trinajstić information content (AvgIpc) is 3.18. The molecule has 4 aromatic rings. The van der Waals surface area contributed by atoms with E-state index in [1.54, 1.807) is 30.5 Å². The van der Waals surface area contributed by atoms with Crippen LogP contribution in [0, 0.1) is 5.92 Å². The number of aromatic amines is 1. The highest BCUT2D eigenvalue weighted by Crippen LogP contribution is 2.42. The van der Waals surface area contributed by atoms with Crippen molar-refractivity contribution in [3.05, 3.63) is 105 Å². The lowest BCUT2D eigenvalue weighted by molar-refractivity contribution is -0.167. The van der Waals surface area contributed by atoms with Crippen molar-refractivity contribution >= 4 is 22.8 Å². The summed E-state index contributed by atoms with van der Waals surface area (Å²) in [5.41, 5.74) is 3.37. The first kappa shape index (κ1) is 35.8. The number of aryl methyl sites for hydroxylation is 1. The summed E-state index contributed by atoms with van der Waals surface area (Å²) in [6, 6.07) is 18.0. The predicted octanol–water partition coefficient (Wildman–Crippen LogP) is 4.65. The summed E-state index contributed by atoms with van der Waals surface area (Å²) >= 11 is 0. The number of benzene rings is 2. The number of phenolic OH excluding ortho intramolecular Hbond substituents is 1. The fourth-order valence-electron chi connectivity index (χ4n) is 8.34. The number of H-pyrrole nitrogens is 1. The van der Waals surface area contributed by atoms with Crippen molar-refractivity contribution in [3.8, 4) is 5.75 Å². The summed E-state index contributed by atoms with van der Waals surface area (Å²) in [5, 5.41) is 27.7. The van der Waals surface area contributed by atoms with Gasteiger partial charge in [-0.05, 0) is 98.5 Å². The number of aromatic hydroxyl groups is 1. The first-order chi connectivity index (χ1) is 25.3. The number of hydrogen-bond donors (Lipinski definition) is 5. The van der Waals surface area contributed by atoms with Crippen LogP contribution in [0.15, 0.2) is 71.7 Å². The number of phenols is 1. The Morgan fingerprint density at radius 2 is 1.87 bits per heavy atom. The number of piperidine rings is 3.